The molecule has 3 nitrogen and oxygen atoms in total. The van der Waals surface area contributed by atoms with Crippen LogP contribution in [0.1, 0.15) is 13.8 Å². The fourth-order valence-corrected chi connectivity index (χ4v) is 0.425. The Morgan fingerprint density at radius 2 is 1.92 bits per heavy atom. The van der Waals surface area contributed by atoms with Crippen LogP contribution in [0.15, 0.2) is 5.76 Å². The van der Waals surface area contributed by atoms with Crippen molar-refractivity contribution in [2.75, 3.05) is 13.7 Å². The molecule has 0 unspecified atom stereocenters. The maximum atomic E-state index is 10.3. The van der Waals surface area contributed by atoms with Crippen LogP contribution in [0.3, 0.4) is 0 Å². The van der Waals surface area contributed by atoms with E-state index in [1.54, 1.807) is 14.0 Å². The number of allylic oxidation sites excluding steroid dienone is 1. The first kappa shape index (κ1) is 18.2. The van der Waals surface area contributed by atoms with E-state index in [1.807, 2.05) is 0 Å². The molecule has 0 aliphatic heterocycles. The van der Waals surface area contributed by atoms with E-state index in [2.05, 4.69) is 15.5 Å². The molecule has 0 rings (SSSR count). The van der Waals surface area contributed by atoms with Crippen LogP contribution in [-0.4, -0.2) is 19.7 Å². The van der Waals surface area contributed by atoms with Crippen LogP contribution in [0.2, 0.25) is 0 Å². The molecule has 66 valence electrons. The summed E-state index contributed by atoms with van der Waals surface area (Å²) in [5.41, 5.74) is 0. The van der Waals surface area contributed by atoms with Crippen molar-refractivity contribution in [1.82, 2.24) is 0 Å². The van der Waals surface area contributed by atoms with E-state index in [-0.39, 0.29) is 46.0 Å². The summed E-state index contributed by atoms with van der Waals surface area (Å²) in [5.74, 6) is 0.121. The molecule has 0 saturated heterocycles. The van der Waals surface area contributed by atoms with Gasteiger partial charge in [0.25, 0.3) is 0 Å². The van der Waals surface area contributed by atoms with Gasteiger partial charge in [-0.2, -0.15) is 0 Å². The van der Waals surface area contributed by atoms with E-state index < -0.39 is 0 Å². The third-order valence-electron chi connectivity index (χ3n) is 0.762. The number of hydrogen-bond donors (Lipinski definition) is 0. The number of methoxy groups -OCH3 is 1. The maximum Gasteiger partial charge on any atom is 1.00 e. The van der Waals surface area contributed by atoms with Crippen molar-refractivity contribution in [3.63, 3.8) is 0 Å². The molecule has 0 aromatic heterocycles. The van der Waals surface area contributed by atoms with E-state index in [1.165, 1.54) is 6.92 Å². The second-order valence-corrected chi connectivity index (χ2v) is 1.76. The van der Waals surface area contributed by atoms with Gasteiger partial charge in [-0.05, 0) is 6.92 Å². The third kappa shape index (κ3) is 13.0. The average molecular weight is 379 g/mol. The minimum atomic E-state index is -0.332. The molecule has 0 aliphatic carbocycles. The molecule has 0 aromatic rings. The summed E-state index contributed by atoms with van der Waals surface area (Å²) >= 11 is 0. The van der Waals surface area contributed by atoms with Crippen molar-refractivity contribution in [3.8, 4) is 0 Å². The Labute approximate surface area is 99.4 Å². The van der Waals surface area contributed by atoms with Crippen LogP contribution < -0.4 is 12.4 Å². The fourth-order valence-electron chi connectivity index (χ4n) is 0.425. The molecule has 0 aliphatic rings. The molecule has 0 bridgehead atoms. The van der Waals surface area contributed by atoms with Crippen molar-refractivity contribution < 1.29 is 54.3 Å². The van der Waals surface area contributed by atoms with Crippen LogP contribution in [-0.2, 0) is 41.9 Å². The molecule has 0 heterocycles. The van der Waals surface area contributed by atoms with Gasteiger partial charge in [-0.15, -0.1) is 0 Å². The van der Waals surface area contributed by atoms with Crippen LogP contribution in [0, 0.1) is 6.08 Å². The fraction of sp³-hybridized carbons (Fsp3) is 0.571. The predicted molar refractivity (Wildman–Crippen MR) is 36.1 cm³/mol. The SMILES string of the molecule is COC[C]=C(C)OC(C)=O.[Cl-].[Hg+]. The van der Waals surface area contributed by atoms with Gasteiger partial charge in [0.05, 0.1) is 6.61 Å². The zero-order valence-electron chi connectivity index (χ0n) is 7.52. The van der Waals surface area contributed by atoms with Gasteiger partial charge in [-0.25, -0.2) is 0 Å². The molecule has 0 amide bonds. The Hall–Kier alpha value is 0.395. The van der Waals surface area contributed by atoms with Crippen molar-refractivity contribution in [3.05, 3.63) is 11.8 Å². The molecule has 0 saturated carbocycles. The topological polar surface area (TPSA) is 35.5 Å². The first-order chi connectivity index (χ1) is 4.66. The van der Waals surface area contributed by atoms with Crippen molar-refractivity contribution in [2.24, 2.45) is 0 Å². The van der Waals surface area contributed by atoms with Crippen molar-refractivity contribution in [1.29, 1.82) is 0 Å². The Balaban J connectivity index is -0.000000405. The molecule has 12 heavy (non-hydrogen) atoms. The van der Waals surface area contributed by atoms with Gasteiger partial charge in [0.1, 0.15) is 5.76 Å². The summed E-state index contributed by atoms with van der Waals surface area (Å²) in [6.07, 6.45) is 2.72. The van der Waals surface area contributed by atoms with Crippen molar-refractivity contribution in [2.45, 2.75) is 13.8 Å². The molecule has 0 aromatic carbocycles. The summed E-state index contributed by atoms with van der Waals surface area (Å²) in [6, 6.07) is 0. The van der Waals surface area contributed by atoms with Gasteiger partial charge in [0.15, 0.2) is 0 Å². The minimum absolute atomic E-state index is 0. The molecule has 0 fully saturated rings. The van der Waals surface area contributed by atoms with Gasteiger partial charge < -0.3 is 21.9 Å². The van der Waals surface area contributed by atoms with Crippen LogP contribution in [0.25, 0.3) is 0 Å². The number of halogens is 1. The molecule has 0 N–H and O–H groups in total. The van der Waals surface area contributed by atoms with Gasteiger partial charge in [-0.1, -0.05) is 0 Å². The zero-order chi connectivity index (χ0) is 7.98. The number of esters is 1. The average Bonchev–Trinajstić information content (AvgIpc) is 1.82. The second-order valence-electron chi connectivity index (χ2n) is 1.76. The molecular formula is C7H11ClHgO3. The largest absolute Gasteiger partial charge is 1.00 e. The monoisotopic (exact) mass is 380 g/mol. The smallest absolute Gasteiger partial charge is 1.00 e. The molecule has 5 heteroatoms. The summed E-state index contributed by atoms with van der Waals surface area (Å²) in [7, 11) is 1.55. The van der Waals surface area contributed by atoms with E-state index in [0.717, 1.165) is 0 Å². The molecule has 0 atom stereocenters. The molecular weight excluding hydrogens is 368 g/mol. The number of rotatable bonds is 3. The van der Waals surface area contributed by atoms with Gasteiger partial charge >= 0.3 is 33.6 Å². The summed E-state index contributed by atoms with van der Waals surface area (Å²) in [4.78, 5) is 10.3. The number of carbonyl (C=O) groups excluding carboxylic acids is 1. The zero-order valence-corrected chi connectivity index (χ0v) is 13.8. The third-order valence-corrected chi connectivity index (χ3v) is 0.762. The first-order valence-corrected chi connectivity index (χ1v) is 2.91. The van der Waals surface area contributed by atoms with Gasteiger partial charge in [0.2, 0.25) is 0 Å². The minimum Gasteiger partial charge on any atom is -1.00 e. The van der Waals surface area contributed by atoms with E-state index in [4.69, 9.17) is 0 Å². The van der Waals surface area contributed by atoms with Crippen LogP contribution in [0.4, 0.5) is 0 Å². The van der Waals surface area contributed by atoms with Gasteiger partial charge in [0, 0.05) is 20.1 Å². The second kappa shape index (κ2) is 11.4. The van der Waals surface area contributed by atoms with E-state index in [9.17, 15) is 4.79 Å². The normalized spacial score (nSPS) is 9.42. The first-order valence-electron chi connectivity index (χ1n) is 2.91. The number of hydrogen-bond acceptors (Lipinski definition) is 3. The van der Waals surface area contributed by atoms with E-state index in [0.29, 0.717) is 12.4 Å². The van der Waals surface area contributed by atoms with Crippen LogP contribution in [0.5, 0.6) is 0 Å². The summed E-state index contributed by atoms with van der Waals surface area (Å²) < 4.78 is 9.31. The van der Waals surface area contributed by atoms with Gasteiger partial charge in [-0.3, -0.25) is 4.79 Å². The van der Waals surface area contributed by atoms with Crippen LogP contribution >= 0.6 is 0 Å². The molecule has 0 spiro atoms. The Morgan fingerprint density at radius 3 is 2.25 bits per heavy atom. The number of ether oxygens (including phenoxy) is 2. The predicted octanol–water partition coefficient (Wildman–Crippen LogP) is -2.10. The Morgan fingerprint density at radius 1 is 1.42 bits per heavy atom. The maximum absolute atomic E-state index is 10.3. The van der Waals surface area contributed by atoms with E-state index >= 15 is 0 Å². The standard InChI is InChI=1S/C7H11O3.ClH.Hg/c1-6(4-5-9-3)10-7(2)8;;/h5H2,1-3H3;1H;/q;;+1/p-1. The Kier molecular flexibility index (Phi) is 17.3. The quantitative estimate of drug-likeness (QED) is 0.321. The summed E-state index contributed by atoms with van der Waals surface area (Å²) in [5, 5.41) is 0. The molecule has 2 radical (unpaired) electrons. The summed E-state index contributed by atoms with van der Waals surface area (Å²) in [6.45, 7) is 3.34. The van der Waals surface area contributed by atoms with Crippen molar-refractivity contribution >= 4 is 5.97 Å². The number of carbonyl (C=O) groups is 1. The Bertz CT molecular complexity index is 148.